The smallest absolute Gasteiger partial charge is 0.302 e. The fraction of sp³-hybridized carbons (Fsp3) is 0.647. The van der Waals surface area contributed by atoms with Gasteiger partial charge in [-0.3, -0.25) is 9.59 Å². The van der Waals surface area contributed by atoms with E-state index in [4.69, 9.17) is 30.5 Å². The molecule has 4 rings (SSSR count). The monoisotopic (exact) mass is 586 g/mol. The lowest BCUT2D eigenvalue weighted by atomic mass is 9.58. The maximum absolute atomic E-state index is 11.8. The molecule has 0 aromatic heterocycles. The first kappa shape index (κ1) is 31.8. The molecule has 6 nitrogen and oxygen atoms in total. The van der Waals surface area contributed by atoms with E-state index in [1.165, 1.54) is 69.9 Å². The van der Waals surface area contributed by atoms with Gasteiger partial charge >= 0.3 is 11.9 Å². The largest absolute Gasteiger partial charge is 0.463 e. The number of methoxy groups -OCH3 is 1. The van der Waals surface area contributed by atoms with Crippen molar-refractivity contribution in [2.45, 2.75) is 116 Å². The molecule has 2 saturated carbocycles. The third kappa shape index (κ3) is 8.03. The summed E-state index contributed by atoms with van der Waals surface area (Å²) in [6.45, 7) is 7.26. The third-order valence-electron chi connectivity index (χ3n) is 9.56. The van der Waals surface area contributed by atoms with Crippen LogP contribution in [-0.2, 0) is 40.7 Å². The average Bonchev–Trinajstić information content (AvgIpc) is 2.93. The molecule has 0 radical (unpaired) electrons. The molecule has 226 valence electrons. The van der Waals surface area contributed by atoms with Crippen LogP contribution in [0.25, 0.3) is 0 Å². The van der Waals surface area contributed by atoms with Gasteiger partial charge in [0.2, 0.25) is 0 Å². The number of carbonyl (C=O) groups is 2. The van der Waals surface area contributed by atoms with Crippen LogP contribution in [0.4, 0.5) is 0 Å². The molecular formula is C34H47ClO6. The molecule has 1 saturated heterocycles. The Labute approximate surface area is 250 Å². The van der Waals surface area contributed by atoms with Gasteiger partial charge in [-0.2, -0.15) is 0 Å². The lowest BCUT2D eigenvalue weighted by Gasteiger charge is -2.47. The van der Waals surface area contributed by atoms with E-state index in [0.29, 0.717) is 35.6 Å². The molecule has 41 heavy (non-hydrogen) atoms. The van der Waals surface area contributed by atoms with E-state index >= 15 is 0 Å². The summed E-state index contributed by atoms with van der Waals surface area (Å²) in [7, 11) is 1.58. The number of rotatable bonds is 10. The minimum absolute atomic E-state index is 0.0506. The number of ether oxygens (including phenoxy) is 4. The first-order valence-electron chi connectivity index (χ1n) is 15.3. The number of hydrogen-bond donors (Lipinski definition) is 0. The van der Waals surface area contributed by atoms with Crippen molar-refractivity contribution in [3.05, 3.63) is 57.6 Å². The Morgan fingerprint density at radius 2 is 1.80 bits per heavy atom. The van der Waals surface area contributed by atoms with Crippen LogP contribution in [0.1, 0.15) is 103 Å². The van der Waals surface area contributed by atoms with Crippen LogP contribution < -0.4 is 0 Å². The minimum Gasteiger partial charge on any atom is -0.463 e. The van der Waals surface area contributed by atoms with Crippen molar-refractivity contribution < 1.29 is 28.5 Å². The van der Waals surface area contributed by atoms with Gasteiger partial charge in [-0.05, 0) is 87.3 Å². The van der Waals surface area contributed by atoms with E-state index in [0.717, 1.165) is 17.5 Å². The molecule has 1 aromatic rings. The molecular weight excluding hydrogens is 540 g/mol. The zero-order chi connectivity index (χ0) is 29.6. The molecule has 1 aromatic carbocycles. The average molecular weight is 587 g/mol. The van der Waals surface area contributed by atoms with Gasteiger partial charge < -0.3 is 18.9 Å². The van der Waals surface area contributed by atoms with Gasteiger partial charge in [0.25, 0.3) is 0 Å². The Bertz CT molecular complexity index is 1140. The van der Waals surface area contributed by atoms with E-state index in [9.17, 15) is 9.59 Å². The summed E-state index contributed by atoms with van der Waals surface area (Å²) in [5, 5.41) is 0.682. The normalized spacial score (nSPS) is 26.9. The predicted octanol–water partition coefficient (Wildman–Crippen LogP) is 8.00. The topological polar surface area (TPSA) is 71.1 Å². The van der Waals surface area contributed by atoms with Gasteiger partial charge in [0, 0.05) is 44.4 Å². The maximum Gasteiger partial charge on any atom is 0.302 e. The van der Waals surface area contributed by atoms with E-state index in [1.54, 1.807) is 7.11 Å². The van der Waals surface area contributed by atoms with Crippen molar-refractivity contribution in [1.29, 1.82) is 0 Å². The van der Waals surface area contributed by atoms with Gasteiger partial charge in [0.1, 0.15) is 12.7 Å². The van der Waals surface area contributed by atoms with Crippen LogP contribution in [0.3, 0.4) is 0 Å². The molecule has 1 spiro atoms. The molecule has 3 fully saturated rings. The summed E-state index contributed by atoms with van der Waals surface area (Å²) < 4.78 is 23.2. The Morgan fingerprint density at radius 3 is 2.39 bits per heavy atom. The summed E-state index contributed by atoms with van der Waals surface area (Å²) in [5.41, 5.74) is 5.24. The highest BCUT2D eigenvalue weighted by Crippen LogP contribution is 2.53. The van der Waals surface area contributed by atoms with Crippen molar-refractivity contribution in [1.82, 2.24) is 0 Å². The van der Waals surface area contributed by atoms with E-state index in [1.807, 2.05) is 18.2 Å². The molecule has 3 aliphatic rings. The highest BCUT2D eigenvalue weighted by atomic mass is 35.5. The number of halogens is 1. The first-order chi connectivity index (χ1) is 19.6. The zero-order valence-corrected chi connectivity index (χ0v) is 26.2. The molecule has 3 unspecified atom stereocenters. The molecule has 1 heterocycles. The van der Waals surface area contributed by atoms with Gasteiger partial charge in [-0.15, -0.1) is 0 Å². The summed E-state index contributed by atoms with van der Waals surface area (Å²) in [4.78, 5) is 23.3. The Balaban J connectivity index is 1.52. The minimum atomic E-state index is -1.17. The molecule has 7 heteroatoms. The second kappa shape index (κ2) is 13.9. The standard InChI is InChI=1S/C34H47ClO6/c1-6-26(9-8-23(2)27-12-16-33(17-13-27)14-7-15-33)18-28-19-29(10-11-32(28)35)34(38-5)21-30(40-25(4)37)20-31(41-34)22-39-24(3)36/h8-11,19,27,30-31H,6-7,12-18,20-22H2,1-5H3/b23-8+,26-9+. The third-order valence-corrected chi connectivity index (χ3v) is 9.93. The Kier molecular flexibility index (Phi) is 10.8. The SMILES string of the molecule is CC/C(=C\C=C(/C)C1CCC2(CCC2)CC1)Cc1cc(C2(OC)CC(OC(C)=O)CC(COC(C)=O)O2)ccc1Cl. The lowest BCUT2D eigenvalue weighted by Crippen LogP contribution is -2.48. The van der Waals surface area contributed by atoms with Crippen LogP contribution in [0, 0.1) is 11.3 Å². The first-order valence-corrected chi connectivity index (χ1v) is 15.6. The van der Waals surface area contributed by atoms with Crippen LogP contribution in [0.5, 0.6) is 0 Å². The Hall–Kier alpha value is -2.15. The van der Waals surface area contributed by atoms with Crippen molar-refractivity contribution in [2.24, 2.45) is 11.3 Å². The Morgan fingerprint density at radius 1 is 1.07 bits per heavy atom. The summed E-state index contributed by atoms with van der Waals surface area (Å²) in [6.07, 6.45) is 15.7. The van der Waals surface area contributed by atoms with Crippen molar-refractivity contribution in [3.8, 4) is 0 Å². The van der Waals surface area contributed by atoms with E-state index in [-0.39, 0.29) is 12.6 Å². The molecule has 0 bridgehead atoms. The quantitative estimate of drug-likeness (QED) is 0.204. The van der Waals surface area contributed by atoms with E-state index in [2.05, 4.69) is 26.0 Å². The predicted molar refractivity (Wildman–Crippen MR) is 161 cm³/mol. The van der Waals surface area contributed by atoms with Crippen molar-refractivity contribution >= 4 is 23.5 Å². The molecule has 1 aliphatic heterocycles. The molecule has 2 aliphatic carbocycles. The number of carbonyl (C=O) groups excluding carboxylic acids is 2. The lowest BCUT2D eigenvalue weighted by molar-refractivity contribution is -0.300. The molecule has 0 N–H and O–H groups in total. The van der Waals surface area contributed by atoms with Gasteiger partial charge in [-0.1, -0.05) is 54.3 Å². The second-order valence-electron chi connectivity index (χ2n) is 12.4. The summed E-state index contributed by atoms with van der Waals surface area (Å²) >= 11 is 6.71. The number of benzene rings is 1. The highest BCUT2D eigenvalue weighted by Gasteiger charge is 2.45. The van der Waals surface area contributed by atoms with Crippen molar-refractivity contribution in [2.75, 3.05) is 13.7 Å². The summed E-state index contributed by atoms with van der Waals surface area (Å²) in [6, 6.07) is 5.80. The maximum atomic E-state index is 11.8. The fourth-order valence-electron chi connectivity index (χ4n) is 6.85. The zero-order valence-electron chi connectivity index (χ0n) is 25.4. The van der Waals surface area contributed by atoms with Crippen LogP contribution >= 0.6 is 11.6 Å². The van der Waals surface area contributed by atoms with E-state index < -0.39 is 24.0 Å². The molecule has 0 amide bonds. The van der Waals surface area contributed by atoms with Crippen molar-refractivity contribution in [3.63, 3.8) is 0 Å². The van der Waals surface area contributed by atoms with Gasteiger partial charge in [0.05, 0.1) is 6.10 Å². The van der Waals surface area contributed by atoms with Crippen LogP contribution in [0.2, 0.25) is 5.02 Å². The van der Waals surface area contributed by atoms with Crippen LogP contribution in [-0.4, -0.2) is 37.9 Å². The van der Waals surface area contributed by atoms with Crippen LogP contribution in [0.15, 0.2) is 41.5 Å². The second-order valence-corrected chi connectivity index (χ2v) is 12.8. The number of hydrogen-bond acceptors (Lipinski definition) is 6. The number of allylic oxidation sites excluding steroid dienone is 4. The van der Waals surface area contributed by atoms with Gasteiger partial charge in [-0.25, -0.2) is 0 Å². The number of esters is 2. The summed E-state index contributed by atoms with van der Waals surface area (Å²) in [5.74, 6) is -1.25. The highest BCUT2D eigenvalue weighted by molar-refractivity contribution is 6.31. The molecule has 3 atom stereocenters. The van der Waals surface area contributed by atoms with Gasteiger partial charge in [0.15, 0.2) is 5.79 Å². The fourth-order valence-corrected chi connectivity index (χ4v) is 7.04.